The molecule has 1 rings (SSSR count). The van der Waals surface area contributed by atoms with Gasteiger partial charge in [0.1, 0.15) is 11.9 Å². The number of rotatable bonds is 0. The highest BCUT2D eigenvalue weighted by atomic mass is 16.1. The third-order valence-corrected chi connectivity index (χ3v) is 1.09. The molecule has 48 valence electrons. The summed E-state index contributed by atoms with van der Waals surface area (Å²) in [6.45, 7) is 0. The van der Waals surface area contributed by atoms with Crippen LogP contribution in [-0.2, 0) is 4.79 Å². The summed E-state index contributed by atoms with van der Waals surface area (Å²) in [5.41, 5.74) is 10.5. The predicted molar refractivity (Wildman–Crippen MR) is 33.7 cm³/mol. The van der Waals surface area contributed by atoms with E-state index in [1.165, 1.54) is 12.3 Å². The summed E-state index contributed by atoms with van der Waals surface area (Å²) in [6.07, 6.45) is 2.65. The lowest BCUT2D eigenvalue weighted by atomic mass is 10.1. The molecule has 0 spiro atoms. The van der Waals surface area contributed by atoms with Crippen LogP contribution in [0.5, 0.6) is 0 Å². The van der Waals surface area contributed by atoms with Gasteiger partial charge in [-0.1, -0.05) is 0 Å². The van der Waals surface area contributed by atoms with Crippen molar-refractivity contribution in [3.63, 3.8) is 0 Å². The first kappa shape index (κ1) is 5.97. The summed E-state index contributed by atoms with van der Waals surface area (Å²) in [5, 5.41) is 0. The van der Waals surface area contributed by atoms with E-state index in [0.717, 1.165) is 0 Å². The number of aliphatic imine (C=N–C) groups is 1. The zero-order chi connectivity index (χ0) is 6.85. The zero-order valence-corrected chi connectivity index (χ0v) is 4.74. The fourth-order valence-electron chi connectivity index (χ4n) is 0.527. The largest absolute Gasteiger partial charge is 0.385 e. The Morgan fingerprint density at radius 2 is 2.33 bits per heavy atom. The van der Waals surface area contributed by atoms with Gasteiger partial charge in [0.2, 0.25) is 0 Å². The van der Waals surface area contributed by atoms with E-state index >= 15 is 0 Å². The second-order valence-electron chi connectivity index (χ2n) is 1.75. The van der Waals surface area contributed by atoms with Crippen LogP contribution in [0.4, 0.5) is 0 Å². The van der Waals surface area contributed by atoms with Gasteiger partial charge in [0, 0.05) is 12.3 Å². The Hall–Kier alpha value is -1.16. The number of nitrogens with two attached hydrogens (primary N) is 2. The Kier molecular flexibility index (Phi) is 1.32. The first-order valence-electron chi connectivity index (χ1n) is 2.51. The van der Waals surface area contributed by atoms with Crippen LogP contribution in [0.25, 0.3) is 0 Å². The molecule has 0 aromatic heterocycles. The first-order chi connectivity index (χ1) is 4.22. The highest BCUT2D eigenvalue weighted by Crippen LogP contribution is 1.93. The van der Waals surface area contributed by atoms with Crippen LogP contribution in [0, 0.1) is 0 Å². The van der Waals surface area contributed by atoms with E-state index < -0.39 is 6.04 Å². The molecule has 0 bridgehead atoms. The molecule has 1 unspecified atom stereocenters. The van der Waals surface area contributed by atoms with Crippen molar-refractivity contribution in [3.8, 4) is 0 Å². The van der Waals surface area contributed by atoms with Gasteiger partial charge in [-0.05, 0) is 0 Å². The molecule has 0 amide bonds. The standard InChI is InChI=1S/C5H7N3O/c6-4-3(9)1-2-8-5(4)7/h1-2,4H,6H2,(H2,7,8). The van der Waals surface area contributed by atoms with Gasteiger partial charge in [-0.3, -0.25) is 4.79 Å². The Balaban J connectivity index is 2.86. The zero-order valence-electron chi connectivity index (χ0n) is 4.74. The molecule has 0 aromatic rings. The third-order valence-electron chi connectivity index (χ3n) is 1.09. The van der Waals surface area contributed by atoms with Crippen LogP contribution in [0.2, 0.25) is 0 Å². The van der Waals surface area contributed by atoms with Crippen molar-refractivity contribution in [1.82, 2.24) is 0 Å². The highest BCUT2D eigenvalue weighted by molar-refractivity contribution is 6.13. The number of nitrogens with zero attached hydrogens (tertiary/aromatic N) is 1. The lowest BCUT2D eigenvalue weighted by Gasteiger charge is -2.08. The molecule has 1 heterocycles. The number of hydrogen-bond donors (Lipinski definition) is 2. The summed E-state index contributed by atoms with van der Waals surface area (Å²) in [4.78, 5) is 14.3. The van der Waals surface area contributed by atoms with E-state index in [-0.39, 0.29) is 11.6 Å². The highest BCUT2D eigenvalue weighted by Gasteiger charge is 2.16. The number of carbonyl (C=O) groups excluding carboxylic acids is 1. The van der Waals surface area contributed by atoms with Crippen molar-refractivity contribution in [2.75, 3.05) is 0 Å². The van der Waals surface area contributed by atoms with E-state index in [2.05, 4.69) is 4.99 Å². The second-order valence-corrected chi connectivity index (χ2v) is 1.75. The number of amidine groups is 1. The number of hydrogen-bond acceptors (Lipinski definition) is 4. The smallest absolute Gasteiger partial charge is 0.181 e. The molecule has 0 radical (unpaired) electrons. The van der Waals surface area contributed by atoms with Crippen LogP contribution in [-0.4, -0.2) is 17.7 Å². The molecule has 4 nitrogen and oxygen atoms in total. The topological polar surface area (TPSA) is 81.5 Å². The van der Waals surface area contributed by atoms with Crippen molar-refractivity contribution >= 4 is 11.6 Å². The normalized spacial score (nSPS) is 26.1. The lowest BCUT2D eigenvalue weighted by molar-refractivity contribution is -0.114. The summed E-state index contributed by atoms with van der Waals surface area (Å²) in [7, 11) is 0. The molecule has 1 aliphatic rings. The molecule has 0 aromatic carbocycles. The van der Waals surface area contributed by atoms with Crippen molar-refractivity contribution in [3.05, 3.63) is 12.3 Å². The van der Waals surface area contributed by atoms with Gasteiger partial charge < -0.3 is 11.5 Å². The van der Waals surface area contributed by atoms with Gasteiger partial charge in [-0.15, -0.1) is 0 Å². The second kappa shape index (κ2) is 1.99. The average molecular weight is 125 g/mol. The molecular formula is C5H7N3O. The number of ketones is 1. The predicted octanol–water partition coefficient (Wildman–Crippen LogP) is -1.23. The summed E-state index contributed by atoms with van der Waals surface area (Å²) >= 11 is 0. The van der Waals surface area contributed by atoms with Gasteiger partial charge in [0.15, 0.2) is 5.78 Å². The van der Waals surface area contributed by atoms with E-state index in [1.54, 1.807) is 0 Å². The summed E-state index contributed by atoms with van der Waals surface area (Å²) < 4.78 is 0. The van der Waals surface area contributed by atoms with Crippen molar-refractivity contribution < 1.29 is 4.79 Å². The van der Waals surface area contributed by atoms with Gasteiger partial charge in [-0.25, -0.2) is 4.99 Å². The summed E-state index contributed by atoms with van der Waals surface area (Å²) in [5.74, 6) is -0.00926. The van der Waals surface area contributed by atoms with Gasteiger partial charge in [0.05, 0.1) is 0 Å². The molecule has 1 aliphatic heterocycles. The molecule has 0 saturated carbocycles. The fraction of sp³-hybridized carbons (Fsp3) is 0.200. The van der Waals surface area contributed by atoms with Crippen LogP contribution < -0.4 is 11.5 Å². The molecular weight excluding hydrogens is 118 g/mol. The maximum absolute atomic E-state index is 10.6. The first-order valence-corrected chi connectivity index (χ1v) is 2.51. The Morgan fingerprint density at radius 1 is 1.67 bits per heavy atom. The van der Waals surface area contributed by atoms with Gasteiger partial charge in [0.25, 0.3) is 0 Å². The lowest BCUT2D eigenvalue weighted by Crippen LogP contribution is -2.43. The van der Waals surface area contributed by atoms with Gasteiger partial charge >= 0.3 is 0 Å². The third kappa shape index (κ3) is 0.972. The monoisotopic (exact) mass is 125 g/mol. The Labute approximate surface area is 52.2 Å². The quantitative estimate of drug-likeness (QED) is 0.425. The Morgan fingerprint density at radius 3 is 2.78 bits per heavy atom. The minimum absolute atomic E-state index is 0.183. The molecule has 4 N–H and O–H groups in total. The Bertz CT molecular complexity index is 194. The average Bonchev–Trinajstić information content (AvgIpc) is 1.83. The molecule has 1 atom stereocenters. The van der Waals surface area contributed by atoms with Crippen molar-refractivity contribution in [2.45, 2.75) is 6.04 Å². The van der Waals surface area contributed by atoms with E-state index in [4.69, 9.17) is 11.5 Å². The van der Waals surface area contributed by atoms with Gasteiger partial charge in [-0.2, -0.15) is 0 Å². The van der Waals surface area contributed by atoms with Crippen molar-refractivity contribution in [2.24, 2.45) is 16.5 Å². The minimum Gasteiger partial charge on any atom is -0.385 e. The summed E-state index contributed by atoms with van der Waals surface area (Å²) in [6, 6.07) is -0.727. The number of carbonyl (C=O) groups is 1. The fourth-order valence-corrected chi connectivity index (χ4v) is 0.527. The van der Waals surface area contributed by atoms with Crippen LogP contribution in [0.1, 0.15) is 0 Å². The SMILES string of the molecule is NC1=NC=CC(=O)C1N. The van der Waals surface area contributed by atoms with Crippen LogP contribution in [0.3, 0.4) is 0 Å². The maximum Gasteiger partial charge on any atom is 0.181 e. The molecule has 0 fully saturated rings. The maximum atomic E-state index is 10.6. The minimum atomic E-state index is -0.727. The van der Waals surface area contributed by atoms with Crippen molar-refractivity contribution in [1.29, 1.82) is 0 Å². The molecule has 4 heteroatoms. The van der Waals surface area contributed by atoms with Crippen LogP contribution >= 0.6 is 0 Å². The van der Waals surface area contributed by atoms with E-state index in [0.29, 0.717) is 0 Å². The van der Waals surface area contributed by atoms with E-state index in [9.17, 15) is 4.79 Å². The van der Waals surface area contributed by atoms with Crippen LogP contribution in [0.15, 0.2) is 17.3 Å². The molecule has 0 aliphatic carbocycles. The van der Waals surface area contributed by atoms with E-state index in [1.807, 2.05) is 0 Å². The molecule has 9 heavy (non-hydrogen) atoms. The molecule has 0 saturated heterocycles.